The summed E-state index contributed by atoms with van der Waals surface area (Å²) in [5.41, 5.74) is -0.601. The van der Waals surface area contributed by atoms with E-state index >= 15 is 0 Å². The van der Waals surface area contributed by atoms with E-state index in [1.54, 1.807) is 11.8 Å². The highest BCUT2D eigenvalue weighted by Gasteiger charge is 2.55. The van der Waals surface area contributed by atoms with Crippen molar-refractivity contribution in [1.82, 2.24) is 9.80 Å². The summed E-state index contributed by atoms with van der Waals surface area (Å²) in [4.78, 5) is 43.3. The number of likely N-dealkylation sites (tertiary alicyclic amines) is 2. The number of amides is 2. The van der Waals surface area contributed by atoms with Crippen LogP contribution in [0, 0.1) is 12.8 Å². The highest BCUT2D eigenvalue weighted by atomic mass is 16.4. The summed E-state index contributed by atoms with van der Waals surface area (Å²) in [6.45, 7) is 7.37. The van der Waals surface area contributed by atoms with E-state index in [2.05, 4.69) is 13.8 Å². The van der Waals surface area contributed by atoms with Crippen LogP contribution in [-0.2, 0) is 11.2 Å². The van der Waals surface area contributed by atoms with Crippen molar-refractivity contribution in [2.24, 2.45) is 5.92 Å². The minimum atomic E-state index is -0.771. The maximum absolute atomic E-state index is 13.5. The minimum absolute atomic E-state index is 0.0905. The fraction of sp³-hybridized carbons (Fsp3) is 0.696. The number of piperidine rings is 1. The average Bonchev–Trinajstić information content (AvgIpc) is 3.42. The molecule has 6 nitrogen and oxygen atoms in total. The third-order valence-corrected chi connectivity index (χ3v) is 6.75. The molecular weight excluding hydrogens is 368 g/mol. The normalized spacial score (nSPS) is 24.8. The molecule has 4 rings (SSSR count). The highest BCUT2D eigenvalue weighted by Crippen LogP contribution is 2.42. The first-order chi connectivity index (χ1) is 13.8. The van der Waals surface area contributed by atoms with Gasteiger partial charge in [-0.05, 0) is 69.4 Å². The van der Waals surface area contributed by atoms with Gasteiger partial charge >= 0.3 is 5.63 Å². The molecule has 1 aromatic heterocycles. The molecular formula is C23H32N2O4. The van der Waals surface area contributed by atoms with Gasteiger partial charge in [0, 0.05) is 25.6 Å². The Bertz CT molecular complexity index is 870. The maximum atomic E-state index is 13.5. The van der Waals surface area contributed by atoms with Crippen molar-refractivity contribution in [2.75, 3.05) is 13.1 Å². The molecule has 1 saturated carbocycles. The Morgan fingerprint density at radius 3 is 2.52 bits per heavy atom. The number of aryl methyl sites for hydroxylation is 2. The van der Waals surface area contributed by atoms with E-state index in [4.69, 9.17) is 4.42 Å². The predicted molar refractivity (Wildman–Crippen MR) is 110 cm³/mol. The SMILES string of the molecule is Cc1cc(CCC(C)C)oc(=O)c1C(=O)N1CCCC12CCCN(C1CC1)C2=O. The van der Waals surface area contributed by atoms with Crippen molar-refractivity contribution in [2.45, 2.75) is 83.7 Å². The zero-order chi connectivity index (χ0) is 20.8. The number of hydrogen-bond acceptors (Lipinski definition) is 4. The van der Waals surface area contributed by atoms with Crippen LogP contribution in [0.15, 0.2) is 15.3 Å². The van der Waals surface area contributed by atoms with Crippen molar-refractivity contribution in [3.63, 3.8) is 0 Å². The van der Waals surface area contributed by atoms with E-state index in [0.29, 0.717) is 49.1 Å². The zero-order valence-corrected chi connectivity index (χ0v) is 17.8. The first-order valence-electron chi connectivity index (χ1n) is 11.1. The summed E-state index contributed by atoms with van der Waals surface area (Å²) in [6.07, 6.45) is 6.84. The lowest BCUT2D eigenvalue weighted by Crippen LogP contribution is -2.62. The third-order valence-electron chi connectivity index (χ3n) is 6.75. The van der Waals surface area contributed by atoms with Gasteiger partial charge in [-0.2, -0.15) is 0 Å². The van der Waals surface area contributed by atoms with Gasteiger partial charge in [-0.25, -0.2) is 4.79 Å². The Hall–Kier alpha value is -2.11. The number of rotatable bonds is 5. The summed E-state index contributed by atoms with van der Waals surface area (Å²) in [5, 5.41) is 0. The molecule has 3 aliphatic rings. The van der Waals surface area contributed by atoms with Crippen molar-refractivity contribution >= 4 is 11.8 Å². The largest absolute Gasteiger partial charge is 0.427 e. The second-order valence-electron chi connectivity index (χ2n) is 9.42. The topological polar surface area (TPSA) is 70.8 Å². The third kappa shape index (κ3) is 3.62. The molecule has 1 atom stereocenters. The van der Waals surface area contributed by atoms with Crippen LogP contribution in [0.4, 0.5) is 0 Å². The summed E-state index contributed by atoms with van der Waals surface area (Å²) < 4.78 is 5.49. The molecule has 1 aromatic rings. The molecule has 3 heterocycles. The summed E-state index contributed by atoms with van der Waals surface area (Å²) >= 11 is 0. The first-order valence-corrected chi connectivity index (χ1v) is 11.1. The van der Waals surface area contributed by atoms with Gasteiger partial charge in [0.25, 0.3) is 5.91 Å². The second kappa shape index (κ2) is 7.62. The lowest BCUT2D eigenvalue weighted by Gasteiger charge is -2.44. The quantitative estimate of drug-likeness (QED) is 0.760. The predicted octanol–water partition coefficient (Wildman–Crippen LogP) is 3.30. The monoisotopic (exact) mass is 400 g/mol. The Kier molecular flexibility index (Phi) is 5.30. The van der Waals surface area contributed by atoms with Gasteiger partial charge in [0.1, 0.15) is 16.9 Å². The molecule has 158 valence electrons. The average molecular weight is 401 g/mol. The molecule has 2 saturated heterocycles. The molecule has 0 aromatic carbocycles. The lowest BCUT2D eigenvalue weighted by atomic mass is 9.84. The van der Waals surface area contributed by atoms with Crippen molar-refractivity contribution in [3.05, 3.63) is 33.4 Å². The molecule has 0 N–H and O–H groups in total. The Morgan fingerprint density at radius 2 is 1.90 bits per heavy atom. The Morgan fingerprint density at radius 1 is 1.21 bits per heavy atom. The number of nitrogens with zero attached hydrogens (tertiary/aromatic N) is 2. The van der Waals surface area contributed by atoms with Crippen LogP contribution in [0.2, 0.25) is 0 Å². The Labute approximate surface area is 172 Å². The van der Waals surface area contributed by atoms with Crippen molar-refractivity contribution in [3.8, 4) is 0 Å². The standard InChI is InChI=1S/C23H32N2O4/c1-15(2)6-9-18-14-16(3)19(21(27)29-18)20(26)25-13-5-11-23(25)10-4-12-24(22(23)28)17-7-8-17/h14-15,17H,4-13H2,1-3H3. The van der Waals surface area contributed by atoms with Gasteiger partial charge in [0.05, 0.1) is 0 Å². The van der Waals surface area contributed by atoms with Crippen LogP contribution in [0.1, 0.15) is 80.5 Å². The first kappa shape index (κ1) is 20.2. The van der Waals surface area contributed by atoms with Gasteiger partial charge in [0.2, 0.25) is 5.91 Å². The van der Waals surface area contributed by atoms with Crippen LogP contribution in [0.25, 0.3) is 0 Å². The zero-order valence-electron chi connectivity index (χ0n) is 17.8. The summed E-state index contributed by atoms with van der Waals surface area (Å²) in [7, 11) is 0. The van der Waals surface area contributed by atoms with Gasteiger partial charge in [-0.15, -0.1) is 0 Å². The fourth-order valence-corrected chi connectivity index (χ4v) is 5.03. The van der Waals surface area contributed by atoms with E-state index in [1.165, 1.54) is 0 Å². The fourth-order valence-electron chi connectivity index (χ4n) is 5.03. The number of hydrogen-bond donors (Lipinski definition) is 0. The molecule has 1 unspecified atom stereocenters. The van der Waals surface area contributed by atoms with Crippen molar-refractivity contribution < 1.29 is 14.0 Å². The minimum Gasteiger partial charge on any atom is -0.427 e. The highest BCUT2D eigenvalue weighted by molar-refractivity contribution is 6.00. The molecule has 3 fully saturated rings. The van der Waals surface area contributed by atoms with E-state index in [-0.39, 0.29) is 17.4 Å². The molecule has 6 heteroatoms. The van der Waals surface area contributed by atoms with Crippen LogP contribution in [0.3, 0.4) is 0 Å². The Balaban J connectivity index is 1.62. The van der Waals surface area contributed by atoms with E-state index < -0.39 is 11.2 Å². The number of carbonyl (C=O) groups excluding carboxylic acids is 2. The molecule has 2 amide bonds. The van der Waals surface area contributed by atoms with Gasteiger partial charge in [-0.1, -0.05) is 13.8 Å². The molecule has 2 aliphatic heterocycles. The van der Waals surface area contributed by atoms with Crippen LogP contribution in [-0.4, -0.2) is 46.3 Å². The van der Waals surface area contributed by atoms with Gasteiger partial charge in [0.15, 0.2) is 0 Å². The molecule has 0 radical (unpaired) electrons. The summed E-state index contributed by atoms with van der Waals surface area (Å²) in [5.74, 6) is 0.892. The molecule has 29 heavy (non-hydrogen) atoms. The maximum Gasteiger partial charge on any atom is 0.349 e. The summed E-state index contributed by atoms with van der Waals surface area (Å²) in [6, 6.07) is 2.17. The smallest absolute Gasteiger partial charge is 0.349 e. The van der Waals surface area contributed by atoms with Crippen LogP contribution in [0.5, 0.6) is 0 Å². The van der Waals surface area contributed by atoms with E-state index in [9.17, 15) is 14.4 Å². The molecule has 1 aliphatic carbocycles. The number of carbonyl (C=O) groups is 2. The van der Waals surface area contributed by atoms with E-state index in [1.807, 2.05) is 11.0 Å². The lowest BCUT2D eigenvalue weighted by molar-refractivity contribution is -0.146. The van der Waals surface area contributed by atoms with Crippen LogP contribution < -0.4 is 5.63 Å². The van der Waals surface area contributed by atoms with Gasteiger partial charge in [-0.3, -0.25) is 9.59 Å². The van der Waals surface area contributed by atoms with Gasteiger partial charge < -0.3 is 14.2 Å². The van der Waals surface area contributed by atoms with Crippen molar-refractivity contribution in [1.29, 1.82) is 0 Å². The molecule has 0 bridgehead atoms. The van der Waals surface area contributed by atoms with E-state index in [0.717, 1.165) is 38.6 Å². The second-order valence-corrected chi connectivity index (χ2v) is 9.42. The van der Waals surface area contributed by atoms with Crippen LogP contribution >= 0.6 is 0 Å². The molecule has 1 spiro atoms.